The summed E-state index contributed by atoms with van der Waals surface area (Å²) in [5, 5.41) is 4.32. The van der Waals surface area contributed by atoms with E-state index in [-0.39, 0.29) is 0 Å². The van der Waals surface area contributed by atoms with E-state index in [0.717, 1.165) is 18.1 Å². The van der Waals surface area contributed by atoms with Crippen LogP contribution >= 0.6 is 11.6 Å². The fraction of sp³-hybridized carbons (Fsp3) is 0.500. The van der Waals surface area contributed by atoms with Crippen LogP contribution in [0.15, 0.2) is 18.2 Å². The Hall–Kier alpha value is -0.530. The van der Waals surface area contributed by atoms with Gasteiger partial charge in [0.05, 0.1) is 0 Å². The van der Waals surface area contributed by atoms with Gasteiger partial charge in [-0.05, 0) is 35.1 Å². The van der Waals surface area contributed by atoms with Crippen LogP contribution < -0.4 is 5.32 Å². The van der Waals surface area contributed by atoms with Crippen molar-refractivity contribution in [3.63, 3.8) is 0 Å². The molecule has 0 saturated heterocycles. The van der Waals surface area contributed by atoms with E-state index in [2.05, 4.69) is 31.3 Å². The molecule has 14 heavy (non-hydrogen) atoms. The molecular weight excluding hydrogens is 194 g/mol. The number of nitrogens with one attached hydrogen (secondary N) is 1. The summed E-state index contributed by atoms with van der Waals surface area (Å²) in [6.45, 7) is 6.63. The van der Waals surface area contributed by atoms with Gasteiger partial charge in [-0.2, -0.15) is 0 Å². The van der Waals surface area contributed by atoms with E-state index in [1.807, 2.05) is 6.07 Å². The number of rotatable bonds is 0. The predicted octanol–water partition coefficient (Wildman–Crippen LogP) is 3.15. The highest BCUT2D eigenvalue weighted by Crippen LogP contribution is 2.30. The Morgan fingerprint density at radius 2 is 1.79 bits per heavy atom. The molecule has 1 heterocycles. The first kappa shape index (κ1) is 10.0. The Morgan fingerprint density at radius 3 is 2.50 bits per heavy atom. The minimum Gasteiger partial charge on any atom is -0.316 e. The second kappa shape index (κ2) is 3.92. The van der Waals surface area contributed by atoms with E-state index < -0.39 is 0 Å². The van der Waals surface area contributed by atoms with E-state index in [9.17, 15) is 0 Å². The van der Waals surface area contributed by atoms with Crippen molar-refractivity contribution >= 4 is 11.6 Å². The molecule has 2 rings (SSSR count). The molecule has 0 bridgehead atoms. The standard InChI is InChI=1S/C12H16ClN/c1-8-6-14-7-9(2)12-5-10(13)3-4-11(8)12/h3-5,8-9,14H,6-7H2,1-2H3. The molecule has 0 amide bonds. The Bertz CT molecular complexity index is 335. The zero-order valence-electron chi connectivity index (χ0n) is 8.68. The Balaban J connectivity index is 2.48. The van der Waals surface area contributed by atoms with E-state index in [0.29, 0.717) is 11.8 Å². The summed E-state index contributed by atoms with van der Waals surface area (Å²) in [6, 6.07) is 6.28. The van der Waals surface area contributed by atoms with Crippen LogP contribution in [-0.2, 0) is 0 Å². The molecule has 0 aromatic heterocycles. The molecule has 1 aliphatic rings. The fourth-order valence-electron chi connectivity index (χ4n) is 2.16. The highest BCUT2D eigenvalue weighted by atomic mass is 35.5. The number of hydrogen-bond acceptors (Lipinski definition) is 1. The lowest BCUT2D eigenvalue weighted by Gasteiger charge is -2.14. The maximum Gasteiger partial charge on any atom is 0.0409 e. The third kappa shape index (κ3) is 1.79. The van der Waals surface area contributed by atoms with Gasteiger partial charge in [-0.1, -0.05) is 31.5 Å². The first-order valence-electron chi connectivity index (χ1n) is 5.18. The first-order chi connectivity index (χ1) is 6.68. The van der Waals surface area contributed by atoms with Gasteiger partial charge in [-0.25, -0.2) is 0 Å². The molecule has 0 radical (unpaired) electrons. The predicted molar refractivity (Wildman–Crippen MR) is 61.2 cm³/mol. The molecule has 0 spiro atoms. The number of fused-ring (bicyclic) bond motifs is 1. The second-order valence-corrected chi connectivity index (χ2v) is 4.67. The quantitative estimate of drug-likeness (QED) is 0.692. The van der Waals surface area contributed by atoms with Crippen molar-refractivity contribution in [3.8, 4) is 0 Å². The second-order valence-electron chi connectivity index (χ2n) is 4.23. The maximum absolute atomic E-state index is 6.02. The van der Waals surface area contributed by atoms with Gasteiger partial charge in [0.2, 0.25) is 0 Å². The summed E-state index contributed by atoms with van der Waals surface area (Å²) in [5.74, 6) is 1.15. The third-order valence-corrected chi connectivity index (χ3v) is 3.25. The van der Waals surface area contributed by atoms with Gasteiger partial charge in [0.15, 0.2) is 0 Å². The molecule has 1 N–H and O–H groups in total. The summed E-state index contributed by atoms with van der Waals surface area (Å²) < 4.78 is 0. The van der Waals surface area contributed by atoms with Crippen molar-refractivity contribution in [1.82, 2.24) is 5.32 Å². The summed E-state index contributed by atoms with van der Waals surface area (Å²) in [5.41, 5.74) is 2.86. The SMILES string of the molecule is CC1CNCC(C)c2cc(Cl)ccc21. The monoisotopic (exact) mass is 209 g/mol. The van der Waals surface area contributed by atoms with E-state index in [1.165, 1.54) is 11.1 Å². The Morgan fingerprint density at radius 1 is 1.14 bits per heavy atom. The lowest BCUT2D eigenvalue weighted by atomic mass is 9.91. The number of benzene rings is 1. The van der Waals surface area contributed by atoms with Gasteiger partial charge in [0.1, 0.15) is 0 Å². The van der Waals surface area contributed by atoms with E-state index in [4.69, 9.17) is 11.6 Å². The minimum absolute atomic E-state index is 0.564. The van der Waals surface area contributed by atoms with Gasteiger partial charge >= 0.3 is 0 Å². The summed E-state index contributed by atoms with van der Waals surface area (Å²) in [4.78, 5) is 0. The van der Waals surface area contributed by atoms with Crippen molar-refractivity contribution in [3.05, 3.63) is 34.3 Å². The van der Waals surface area contributed by atoms with Crippen molar-refractivity contribution in [2.45, 2.75) is 25.7 Å². The van der Waals surface area contributed by atoms with E-state index in [1.54, 1.807) is 0 Å². The molecule has 0 aliphatic carbocycles. The fourth-order valence-corrected chi connectivity index (χ4v) is 2.34. The van der Waals surface area contributed by atoms with Crippen LogP contribution in [0, 0.1) is 0 Å². The molecule has 2 heteroatoms. The molecule has 1 aliphatic heterocycles. The van der Waals surface area contributed by atoms with Gasteiger partial charge in [-0.15, -0.1) is 0 Å². The van der Waals surface area contributed by atoms with Crippen molar-refractivity contribution in [2.75, 3.05) is 13.1 Å². The third-order valence-electron chi connectivity index (χ3n) is 3.01. The first-order valence-corrected chi connectivity index (χ1v) is 5.56. The smallest absolute Gasteiger partial charge is 0.0409 e. The zero-order chi connectivity index (χ0) is 10.1. The minimum atomic E-state index is 0.564. The molecule has 2 atom stereocenters. The van der Waals surface area contributed by atoms with Crippen LogP contribution in [0.4, 0.5) is 0 Å². The molecule has 1 aromatic carbocycles. The maximum atomic E-state index is 6.02. The van der Waals surface area contributed by atoms with Crippen LogP contribution in [-0.4, -0.2) is 13.1 Å². The van der Waals surface area contributed by atoms with Gasteiger partial charge in [0.25, 0.3) is 0 Å². The van der Waals surface area contributed by atoms with Crippen molar-refractivity contribution in [2.24, 2.45) is 0 Å². The molecule has 2 unspecified atom stereocenters. The van der Waals surface area contributed by atoms with Crippen LogP contribution in [0.1, 0.15) is 36.8 Å². The zero-order valence-corrected chi connectivity index (χ0v) is 9.43. The van der Waals surface area contributed by atoms with Gasteiger partial charge < -0.3 is 5.32 Å². The van der Waals surface area contributed by atoms with Gasteiger partial charge in [0, 0.05) is 18.1 Å². The Labute approximate surface area is 90.5 Å². The molecule has 0 fully saturated rings. The van der Waals surface area contributed by atoms with E-state index >= 15 is 0 Å². The molecule has 76 valence electrons. The highest BCUT2D eigenvalue weighted by molar-refractivity contribution is 6.30. The van der Waals surface area contributed by atoms with Gasteiger partial charge in [-0.3, -0.25) is 0 Å². The summed E-state index contributed by atoms with van der Waals surface area (Å²) >= 11 is 6.02. The average molecular weight is 210 g/mol. The number of halogens is 1. The topological polar surface area (TPSA) is 12.0 Å². The number of hydrogen-bond donors (Lipinski definition) is 1. The largest absolute Gasteiger partial charge is 0.316 e. The molecule has 1 aromatic rings. The van der Waals surface area contributed by atoms with Crippen molar-refractivity contribution < 1.29 is 0 Å². The molecule has 0 saturated carbocycles. The van der Waals surface area contributed by atoms with Crippen molar-refractivity contribution in [1.29, 1.82) is 0 Å². The molecule has 1 nitrogen and oxygen atoms in total. The summed E-state index contributed by atoms with van der Waals surface area (Å²) in [6.07, 6.45) is 0. The normalized spacial score (nSPS) is 26.8. The summed E-state index contributed by atoms with van der Waals surface area (Å²) in [7, 11) is 0. The lowest BCUT2D eigenvalue weighted by molar-refractivity contribution is 0.610. The van der Waals surface area contributed by atoms with Crippen LogP contribution in [0.5, 0.6) is 0 Å². The van der Waals surface area contributed by atoms with Crippen LogP contribution in [0.3, 0.4) is 0 Å². The Kier molecular flexibility index (Phi) is 2.80. The average Bonchev–Trinajstić information content (AvgIpc) is 2.28. The van der Waals surface area contributed by atoms with Crippen LogP contribution in [0.2, 0.25) is 5.02 Å². The van der Waals surface area contributed by atoms with Crippen LogP contribution in [0.25, 0.3) is 0 Å². The highest BCUT2D eigenvalue weighted by Gasteiger charge is 2.19. The molecular formula is C12H16ClN. The lowest BCUT2D eigenvalue weighted by Crippen LogP contribution is -2.20.